The van der Waals surface area contributed by atoms with Gasteiger partial charge in [0.15, 0.2) is 0 Å². The van der Waals surface area contributed by atoms with Crippen LogP contribution in [-0.2, 0) is 11.2 Å². The fraction of sp³-hybridized carbons (Fsp3) is 0.238. The van der Waals surface area contributed by atoms with Gasteiger partial charge in [0, 0.05) is 47.8 Å². The van der Waals surface area contributed by atoms with Gasteiger partial charge in [-0.2, -0.15) is 0 Å². The molecule has 9 heteroatoms. The summed E-state index contributed by atoms with van der Waals surface area (Å²) in [4.78, 5) is 24.5. The highest BCUT2D eigenvalue weighted by atomic mass is 79.9. The first kappa shape index (κ1) is 21.7. The highest BCUT2D eigenvalue weighted by Crippen LogP contribution is 2.19. The molecule has 2 aromatic carbocycles. The van der Waals surface area contributed by atoms with E-state index >= 15 is 0 Å². The Hall–Kier alpha value is -3.04. The molecule has 1 heterocycles. The lowest BCUT2D eigenvalue weighted by Crippen LogP contribution is -2.34. The summed E-state index contributed by atoms with van der Waals surface area (Å²) in [7, 11) is 1.60. The molecule has 0 aliphatic rings. The second kappa shape index (κ2) is 10.7. The zero-order chi connectivity index (χ0) is 21.3. The van der Waals surface area contributed by atoms with Crippen molar-refractivity contribution < 1.29 is 18.7 Å². The third kappa shape index (κ3) is 5.98. The molecule has 30 heavy (non-hydrogen) atoms. The van der Waals surface area contributed by atoms with Crippen molar-refractivity contribution >= 4 is 27.7 Å². The third-order valence-electron chi connectivity index (χ3n) is 4.14. The SMILES string of the molecule is COCCc1nnc(-c2cccc(C(=O)NCCNC(=O)c3cccc(Br)c3)c2)o1. The minimum absolute atomic E-state index is 0.201. The molecule has 0 atom stereocenters. The Morgan fingerprint density at radius 1 is 1.00 bits per heavy atom. The Balaban J connectivity index is 1.51. The largest absolute Gasteiger partial charge is 0.421 e. The Morgan fingerprint density at radius 2 is 1.67 bits per heavy atom. The molecule has 2 amide bonds. The van der Waals surface area contributed by atoms with Crippen molar-refractivity contribution in [2.75, 3.05) is 26.8 Å². The van der Waals surface area contributed by atoms with Crippen molar-refractivity contribution in [1.29, 1.82) is 0 Å². The van der Waals surface area contributed by atoms with Crippen molar-refractivity contribution in [3.63, 3.8) is 0 Å². The highest BCUT2D eigenvalue weighted by Gasteiger charge is 2.12. The molecule has 0 radical (unpaired) electrons. The zero-order valence-electron chi connectivity index (χ0n) is 16.4. The van der Waals surface area contributed by atoms with Crippen LogP contribution in [0.2, 0.25) is 0 Å². The van der Waals surface area contributed by atoms with Crippen molar-refractivity contribution in [3.8, 4) is 11.5 Å². The topological polar surface area (TPSA) is 106 Å². The molecule has 1 aromatic heterocycles. The van der Waals surface area contributed by atoms with Crippen molar-refractivity contribution in [2.45, 2.75) is 6.42 Å². The van der Waals surface area contributed by atoms with E-state index in [1.165, 1.54) is 0 Å². The van der Waals surface area contributed by atoms with Crippen LogP contribution in [0.4, 0.5) is 0 Å². The molecule has 8 nitrogen and oxygen atoms in total. The van der Waals surface area contributed by atoms with Gasteiger partial charge in [-0.3, -0.25) is 9.59 Å². The normalized spacial score (nSPS) is 10.6. The van der Waals surface area contributed by atoms with E-state index in [4.69, 9.17) is 9.15 Å². The number of ether oxygens (including phenoxy) is 1. The van der Waals surface area contributed by atoms with Gasteiger partial charge in [-0.25, -0.2) is 0 Å². The molecule has 156 valence electrons. The van der Waals surface area contributed by atoms with E-state index in [0.29, 0.717) is 54.6 Å². The summed E-state index contributed by atoms with van der Waals surface area (Å²) in [6, 6.07) is 14.0. The fourth-order valence-corrected chi connectivity index (χ4v) is 3.04. The molecule has 0 fully saturated rings. The standard InChI is InChI=1S/C21H21BrN4O4/c1-29-11-8-18-25-26-21(30-18)16-6-2-4-14(12-16)19(27)23-9-10-24-20(28)15-5-3-7-17(22)13-15/h2-7,12-13H,8-11H2,1H3,(H,23,27)(H,24,28). The number of nitrogens with zero attached hydrogens (tertiary/aromatic N) is 2. The number of benzene rings is 2. The van der Waals surface area contributed by atoms with Gasteiger partial charge in [0.25, 0.3) is 11.8 Å². The smallest absolute Gasteiger partial charge is 0.251 e. The summed E-state index contributed by atoms with van der Waals surface area (Å²) in [6.07, 6.45) is 0.523. The van der Waals surface area contributed by atoms with E-state index < -0.39 is 0 Å². The molecule has 0 saturated heterocycles. The molecular formula is C21H21BrN4O4. The first-order valence-electron chi connectivity index (χ1n) is 9.30. The van der Waals surface area contributed by atoms with Gasteiger partial charge in [0.05, 0.1) is 6.61 Å². The molecule has 0 saturated carbocycles. The molecule has 0 bridgehead atoms. The van der Waals surface area contributed by atoms with Crippen molar-refractivity contribution in [2.24, 2.45) is 0 Å². The molecule has 0 aliphatic heterocycles. The Morgan fingerprint density at radius 3 is 2.33 bits per heavy atom. The van der Waals surface area contributed by atoms with E-state index in [1.807, 2.05) is 6.07 Å². The average molecular weight is 473 g/mol. The van der Waals surface area contributed by atoms with Crippen LogP contribution < -0.4 is 10.6 Å². The van der Waals surface area contributed by atoms with Crippen LogP contribution in [0.5, 0.6) is 0 Å². The number of nitrogens with one attached hydrogen (secondary N) is 2. The lowest BCUT2D eigenvalue weighted by atomic mass is 10.1. The van der Waals surface area contributed by atoms with Crippen LogP contribution in [0.15, 0.2) is 57.4 Å². The van der Waals surface area contributed by atoms with E-state index in [-0.39, 0.29) is 11.8 Å². The molecule has 3 aromatic rings. The van der Waals surface area contributed by atoms with Gasteiger partial charge in [-0.1, -0.05) is 28.1 Å². The van der Waals surface area contributed by atoms with E-state index in [2.05, 4.69) is 36.8 Å². The third-order valence-corrected chi connectivity index (χ3v) is 4.63. The van der Waals surface area contributed by atoms with Crippen LogP contribution in [0.1, 0.15) is 26.6 Å². The van der Waals surface area contributed by atoms with Gasteiger partial charge in [-0.05, 0) is 36.4 Å². The van der Waals surface area contributed by atoms with Crippen molar-refractivity contribution in [1.82, 2.24) is 20.8 Å². The van der Waals surface area contributed by atoms with Crippen LogP contribution in [0.25, 0.3) is 11.5 Å². The molecule has 0 unspecified atom stereocenters. The maximum Gasteiger partial charge on any atom is 0.251 e. The Labute approximate surface area is 182 Å². The molecule has 2 N–H and O–H groups in total. The minimum Gasteiger partial charge on any atom is -0.421 e. The second-order valence-corrected chi connectivity index (χ2v) is 7.26. The summed E-state index contributed by atoms with van der Waals surface area (Å²) >= 11 is 3.33. The first-order chi connectivity index (χ1) is 14.6. The summed E-state index contributed by atoms with van der Waals surface area (Å²) in [5.74, 6) is 0.362. The lowest BCUT2D eigenvalue weighted by molar-refractivity contribution is 0.0927. The number of hydrogen-bond donors (Lipinski definition) is 2. The first-order valence-corrected chi connectivity index (χ1v) is 10.1. The summed E-state index contributed by atoms with van der Waals surface area (Å²) in [5, 5.41) is 13.5. The van der Waals surface area contributed by atoms with Gasteiger partial charge in [-0.15, -0.1) is 10.2 Å². The predicted molar refractivity (Wildman–Crippen MR) is 114 cm³/mol. The van der Waals surface area contributed by atoms with E-state index in [9.17, 15) is 9.59 Å². The van der Waals surface area contributed by atoms with E-state index in [0.717, 1.165) is 4.47 Å². The number of hydrogen-bond acceptors (Lipinski definition) is 6. The minimum atomic E-state index is -0.257. The quantitative estimate of drug-likeness (QED) is 0.463. The molecule has 0 spiro atoms. The Kier molecular flexibility index (Phi) is 7.69. The van der Waals surface area contributed by atoms with Crippen LogP contribution in [0.3, 0.4) is 0 Å². The van der Waals surface area contributed by atoms with Crippen LogP contribution >= 0.6 is 15.9 Å². The number of carbonyl (C=O) groups excluding carboxylic acids is 2. The summed E-state index contributed by atoms with van der Waals surface area (Å²) in [6.45, 7) is 1.09. The van der Waals surface area contributed by atoms with Crippen LogP contribution in [-0.4, -0.2) is 48.8 Å². The Bertz CT molecular complexity index is 1020. The lowest BCUT2D eigenvalue weighted by Gasteiger charge is -2.08. The number of rotatable bonds is 9. The maximum absolute atomic E-state index is 12.4. The maximum atomic E-state index is 12.4. The van der Waals surface area contributed by atoms with Gasteiger partial charge in [0.1, 0.15) is 0 Å². The summed E-state index contributed by atoms with van der Waals surface area (Å²) in [5.41, 5.74) is 1.66. The number of halogens is 1. The number of amides is 2. The van der Waals surface area contributed by atoms with Gasteiger partial charge in [0.2, 0.25) is 11.8 Å². The molecule has 3 rings (SSSR count). The fourth-order valence-electron chi connectivity index (χ4n) is 2.64. The molecular weight excluding hydrogens is 452 g/mol. The number of methoxy groups -OCH3 is 1. The number of aromatic nitrogens is 2. The van der Waals surface area contributed by atoms with Gasteiger partial charge >= 0.3 is 0 Å². The van der Waals surface area contributed by atoms with Crippen molar-refractivity contribution in [3.05, 3.63) is 70.0 Å². The molecule has 0 aliphatic carbocycles. The predicted octanol–water partition coefficient (Wildman–Crippen LogP) is 2.85. The number of carbonyl (C=O) groups is 2. The summed E-state index contributed by atoms with van der Waals surface area (Å²) < 4.78 is 11.4. The van der Waals surface area contributed by atoms with E-state index in [1.54, 1.807) is 49.6 Å². The van der Waals surface area contributed by atoms with Gasteiger partial charge < -0.3 is 19.8 Å². The zero-order valence-corrected chi connectivity index (χ0v) is 17.9. The average Bonchev–Trinajstić information content (AvgIpc) is 3.24. The monoisotopic (exact) mass is 472 g/mol. The van der Waals surface area contributed by atoms with Crippen LogP contribution in [0, 0.1) is 0 Å². The second-order valence-electron chi connectivity index (χ2n) is 6.35. The highest BCUT2D eigenvalue weighted by molar-refractivity contribution is 9.10.